The predicted octanol–water partition coefficient (Wildman–Crippen LogP) is 4.78. The second-order valence-corrected chi connectivity index (χ2v) is 8.33. The number of aryl methyl sites for hydroxylation is 1. The summed E-state index contributed by atoms with van der Waals surface area (Å²) in [6.45, 7) is 15.0. The van der Waals surface area contributed by atoms with Crippen molar-refractivity contribution in [2.75, 3.05) is 20.6 Å². The van der Waals surface area contributed by atoms with Crippen molar-refractivity contribution >= 4 is 0 Å². The molecular formula is C19H33N. The molecule has 0 fully saturated rings. The van der Waals surface area contributed by atoms with E-state index in [1.807, 2.05) is 0 Å². The summed E-state index contributed by atoms with van der Waals surface area (Å²) in [5.41, 5.74) is 4.86. The van der Waals surface area contributed by atoms with Crippen LogP contribution in [0.15, 0.2) is 18.2 Å². The van der Waals surface area contributed by atoms with Crippen LogP contribution in [0.4, 0.5) is 0 Å². The van der Waals surface area contributed by atoms with Gasteiger partial charge in [0.15, 0.2) is 0 Å². The van der Waals surface area contributed by atoms with Gasteiger partial charge in [0, 0.05) is 0 Å². The third kappa shape index (κ3) is 5.28. The Kier molecular flexibility index (Phi) is 5.43. The summed E-state index contributed by atoms with van der Waals surface area (Å²) in [6, 6.07) is 7.21. The minimum Gasteiger partial charge on any atom is -0.309 e. The highest BCUT2D eigenvalue weighted by Crippen LogP contribution is 2.30. The monoisotopic (exact) mass is 275 g/mol. The Morgan fingerprint density at radius 1 is 0.800 bits per heavy atom. The molecule has 0 atom stereocenters. The smallest absolute Gasteiger partial charge is 0.00217 e. The van der Waals surface area contributed by atoms with E-state index >= 15 is 0 Å². The first-order valence-corrected chi connectivity index (χ1v) is 7.80. The van der Waals surface area contributed by atoms with Gasteiger partial charge in [-0.3, -0.25) is 0 Å². The average molecular weight is 275 g/mol. The number of nitrogens with zero attached hydrogens (tertiary/aromatic N) is 1. The quantitative estimate of drug-likeness (QED) is 0.764. The molecule has 1 nitrogen and oxygen atoms in total. The molecule has 20 heavy (non-hydrogen) atoms. The van der Waals surface area contributed by atoms with Crippen molar-refractivity contribution in [2.24, 2.45) is 0 Å². The van der Waals surface area contributed by atoms with Gasteiger partial charge >= 0.3 is 0 Å². The molecule has 0 amide bonds. The van der Waals surface area contributed by atoms with Crippen LogP contribution in [0.25, 0.3) is 0 Å². The molecule has 0 saturated carbocycles. The number of hydrogen-bond donors (Lipinski definition) is 0. The van der Waals surface area contributed by atoms with Crippen molar-refractivity contribution in [3.63, 3.8) is 0 Å². The van der Waals surface area contributed by atoms with Gasteiger partial charge in [-0.1, -0.05) is 59.7 Å². The molecule has 0 aliphatic carbocycles. The van der Waals surface area contributed by atoms with Gasteiger partial charge in [-0.15, -0.1) is 0 Å². The van der Waals surface area contributed by atoms with Gasteiger partial charge in [0.05, 0.1) is 0 Å². The Morgan fingerprint density at radius 3 is 1.60 bits per heavy atom. The number of rotatable bonds is 4. The van der Waals surface area contributed by atoms with E-state index in [0.29, 0.717) is 0 Å². The van der Waals surface area contributed by atoms with Crippen LogP contribution in [0.3, 0.4) is 0 Å². The first-order valence-electron chi connectivity index (χ1n) is 7.80. The van der Waals surface area contributed by atoms with Gasteiger partial charge in [-0.25, -0.2) is 0 Å². The van der Waals surface area contributed by atoms with Crippen molar-refractivity contribution in [1.29, 1.82) is 0 Å². The predicted molar refractivity (Wildman–Crippen MR) is 90.7 cm³/mol. The average Bonchev–Trinajstić information content (AvgIpc) is 2.25. The zero-order valence-corrected chi connectivity index (χ0v) is 14.8. The van der Waals surface area contributed by atoms with Crippen LogP contribution in [0.2, 0.25) is 0 Å². The highest BCUT2D eigenvalue weighted by atomic mass is 15.0. The third-order valence-corrected chi connectivity index (χ3v) is 3.80. The molecule has 0 heterocycles. The van der Waals surface area contributed by atoms with E-state index < -0.39 is 0 Å². The van der Waals surface area contributed by atoms with Crippen LogP contribution >= 0.6 is 0 Å². The van der Waals surface area contributed by atoms with Crippen molar-refractivity contribution in [1.82, 2.24) is 4.90 Å². The summed E-state index contributed by atoms with van der Waals surface area (Å²) in [4.78, 5) is 2.26. The summed E-state index contributed by atoms with van der Waals surface area (Å²) in [5, 5.41) is 0. The zero-order valence-electron chi connectivity index (χ0n) is 14.8. The lowest BCUT2D eigenvalue weighted by Crippen LogP contribution is -2.17. The normalized spacial score (nSPS) is 13.1. The topological polar surface area (TPSA) is 3.24 Å². The Labute approximate surface area is 126 Å². The molecule has 0 saturated heterocycles. The molecule has 0 spiro atoms. The maximum absolute atomic E-state index is 2.41. The minimum absolute atomic E-state index is 0.220. The van der Waals surface area contributed by atoms with Crippen molar-refractivity contribution < 1.29 is 0 Å². The summed E-state index contributed by atoms with van der Waals surface area (Å²) in [7, 11) is 4.29. The van der Waals surface area contributed by atoms with Crippen LogP contribution in [0, 0.1) is 0 Å². The molecule has 0 N–H and O–H groups in total. The van der Waals surface area contributed by atoms with Crippen LogP contribution in [0.1, 0.15) is 64.7 Å². The fourth-order valence-corrected chi connectivity index (χ4v) is 2.30. The largest absolute Gasteiger partial charge is 0.309 e. The molecule has 1 rings (SSSR count). The molecule has 0 aromatic heterocycles. The van der Waals surface area contributed by atoms with Gasteiger partial charge in [-0.05, 0) is 61.0 Å². The van der Waals surface area contributed by atoms with Crippen molar-refractivity contribution in [3.05, 3.63) is 34.9 Å². The Bertz CT molecular complexity index is 398. The highest BCUT2D eigenvalue weighted by Gasteiger charge is 2.20. The minimum atomic E-state index is 0.220. The van der Waals surface area contributed by atoms with Gasteiger partial charge in [-0.2, -0.15) is 0 Å². The van der Waals surface area contributed by atoms with E-state index in [1.54, 1.807) is 0 Å². The van der Waals surface area contributed by atoms with Gasteiger partial charge in [0.25, 0.3) is 0 Å². The van der Waals surface area contributed by atoms with Gasteiger partial charge in [0.2, 0.25) is 0 Å². The van der Waals surface area contributed by atoms with E-state index in [-0.39, 0.29) is 10.8 Å². The standard InChI is InChI=1S/C19H33N/c1-18(2,3)16-12-15(10-9-11-20(7)8)13-17(14-16)19(4,5)6/h12-14H,9-11H2,1-8H3. The summed E-state index contributed by atoms with van der Waals surface area (Å²) in [5.74, 6) is 0. The molecule has 0 bridgehead atoms. The summed E-state index contributed by atoms with van der Waals surface area (Å²) < 4.78 is 0. The van der Waals surface area contributed by atoms with Crippen LogP contribution < -0.4 is 0 Å². The van der Waals surface area contributed by atoms with Crippen LogP contribution in [-0.2, 0) is 17.3 Å². The maximum Gasteiger partial charge on any atom is -0.00217 e. The maximum atomic E-state index is 2.41. The molecule has 0 aliphatic heterocycles. The highest BCUT2D eigenvalue weighted by molar-refractivity contribution is 5.37. The molecule has 0 unspecified atom stereocenters. The zero-order chi connectivity index (χ0) is 15.6. The first kappa shape index (κ1) is 17.2. The molecule has 1 aromatic rings. The van der Waals surface area contributed by atoms with Crippen LogP contribution in [-0.4, -0.2) is 25.5 Å². The van der Waals surface area contributed by atoms with E-state index in [9.17, 15) is 0 Å². The molecule has 0 aliphatic rings. The second-order valence-electron chi connectivity index (χ2n) is 8.33. The second kappa shape index (κ2) is 6.30. The number of hydrogen-bond acceptors (Lipinski definition) is 1. The lowest BCUT2D eigenvalue weighted by Gasteiger charge is -2.26. The van der Waals surface area contributed by atoms with Crippen molar-refractivity contribution in [3.8, 4) is 0 Å². The third-order valence-electron chi connectivity index (χ3n) is 3.80. The summed E-state index contributed by atoms with van der Waals surface area (Å²) in [6.07, 6.45) is 2.40. The van der Waals surface area contributed by atoms with Gasteiger partial charge in [0.1, 0.15) is 0 Å². The lowest BCUT2D eigenvalue weighted by molar-refractivity contribution is 0.400. The van der Waals surface area contributed by atoms with Gasteiger partial charge < -0.3 is 4.90 Å². The Balaban J connectivity index is 3.05. The lowest BCUT2D eigenvalue weighted by atomic mass is 9.79. The fourth-order valence-electron chi connectivity index (χ4n) is 2.30. The van der Waals surface area contributed by atoms with E-state index in [2.05, 4.69) is 78.7 Å². The number of benzene rings is 1. The Morgan fingerprint density at radius 2 is 1.25 bits per heavy atom. The molecule has 0 radical (unpaired) electrons. The fraction of sp³-hybridized carbons (Fsp3) is 0.684. The molecule has 114 valence electrons. The SMILES string of the molecule is CN(C)CCCc1cc(C(C)(C)C)cc(C(C)(C)C)c1. The van der Waals surface area contributed by atoms with E-state index in [0.717, 1.165) is 6.54 Å². The van der Waals surface area contributed by atoms with Crippen molar-refractivity contribution in [2.45, 2.75) is 65.2 Å². The molecule has 1 heteroatoms. The van der Waals surface area contributed by atoms with E-state index in [4.69, 9.17) is 0 Å². The first-order chi connectivity index (χ1) is 9.00. The molecule has 1 aromatic carbocycles. The Hall–Kier alpha value is -0.820. The summed E-state index contributed by atoms with van der Waals surface area (Å²) >= 11 is 0. The van der Waals surface area contributed by atoms with Crippen LogP contribution in [0.5, 0.6) is 0 Å². The van der Waals surface area contributed by atoms with E-state index in [1.165, 1.54) is 29.5 Å². The molecular weight excluding hydrogens is 242 g/mol.